The number of benzene rings is 1. The fraction of sp³-hybridized carbons (Fsp3) is 0.167. The van der Waals surface area contributed by atoms with Crippen LogP contribution in [0.5, 0.6) is 0 Å². The van der Waals surface area contributed by atoms with Crippen LogP contribution in [-0.4, -0.2) is 5.11 Å². The predicted octanol–water partition coefficient (Wildman–Crippen LogP) is 4.58. The molecule has 0 amide bonds. The van der Waals surface area contributed by atoms with Crippen molar-refractivity contribution in [3.8, 4) is 0 Å². The van der Waals surface area contributed by atoms with Crippen molar-refractivity contribution in [2.45, 2.75) is 13.0 Å². The Labute approximate surface area is 112 Å². The highest BCUT2D eigenvalue weighted by molar-refractivity contribution is 7.16. The van der Waals surface area contributed by atoms with E-state index in [0.29, 0.717) is 14.8 Å². The van der Waals surface area contributed by atoms with Crippen LogP contribution in [0.4, 0.5) is 4.39 Å². The summed E-state index contributed by atoms with van der Waals surface area (Å²) < 4.78 is 13.9. The summed E-state index contributed by atoms with van der Waals surface area (Å²) >= 11 is 13.0. The second kappa shape index (κ2) is 4.94. The molecule has 17 heavy (non-hydrogen) atoms. The van der Waals surface area contributed by atoms with Crippen molar-refractivity contribution in [3.05, 3.63) is 55.4 Å². The molecule has 2 rings (SSSR count). The van der Waals surface area contributed by atoms with Gasteiger partial charge in [-0.15, -0.1) is 11.3 Å². The maximum atomic E-state index is 13.3. The van der Waals surface area contributed by atoms with Gasteiger partial charge in [0.2, 0.25) is 0 Å². The van der Waals surface area contributed by atoms with E-state index in [9.17, 15) is 9.50 Å². The SMILES string of the molecule is Cc1cc(C(O)c2cccc(F)c2Cl)sc1Cl. The molecule has 1 N–H and O–H groups in total. The molecule has 0 saturated carbocycles. The lowest BCUT2D eigenvalue weighted by Gasteiger charge is -2.11. The zero-order valence-corrected chi connectivity index (χ0v) is 11.2. The third-order valence-electron chi connectivity index (χ3n) is 2.42. The summed E-state index contributed by atoms with van der Waals surface area (Å²) in [6.45, 7) is 1.85. The minimum atomic E-state index is -0.950. The number of aliphatic hydroxyl groups is 1. The van der Waals surface area contributed by atoms with Crippen LogP contribution in [0, 0.1) is 12.7 Å². The maximum Gasteiger partial charge on any atom is 0.142 e. The van der Waals surface area contributed by atoms with E-state index in [1.165, 1.54) is 23.5 Å². The second-order valence-electron chi connectivity index (χ2n) is 3.65. The van der Waals surface area contributed by atoms with Crippen molar-refractivity contribution in [3.63, 3.8) is 0 Å². The topological polar surface area (TPSA) is 20.2 Å². The average molecular weight is 291 g/mol. The highest BCUT2D eigenvalue weighted by Gasteiger charge is 2.18. The van der Waals surface area contributed by atoms with Crippen LogP contribution in [0.1, 0.15) is 22.1 Å². The van der Waals surface area contributed by atoms with E-state index >= 15 is 0 Å². The van der Waals surface area contributed by atoms with Gasteiger partial charge in [-0.1, -0.05) is 35.3 Å². The van der Waals surface area contributed by atoms with Crippen LogP contribution in [0.25, 0.3) is 0 Å². The van der Waals surface area contributed by atoms with E-state index < -0.39 is 11.9 Å². The van der Waals surface area contributed by atoms with Gasteiger partial charge in [0, 0.05) is 10.4 Å². The molecule has 1 heterocycles. The molecule has 0 spiro atoms. The number of halogens is 3. The van der Waals surface area contributed by atoms with E-state index in [1.54, 1.807) is 12.1 Å². The lowest BCUT2D eigenvalue weighted by atomic mass is 10.1. The normalized spacial score (nSPS) is 12.8. The van der Waals surface area contributed by atoms with E-state index in [-0.39, 0.29) is 5.02 Å². The van der Waals surface area contributed by atoms with Crippen molar-refractivity contribution in [1.82, 2.24) is 0 Å². The van der Waals surface area contributed by atoms with E-state index in [0.717, 1.165) is 5.56 Å². The van der Waals surface area contributed by atoms with Crippen LogP contribution >= 0.6 is 34.5 Å². The molecular formula is C12H9Cl2FOS. The summed E-state index contributed by atoms with van der Waals surface area (Å²) in [4.78, 5) is 0.653. The molecule has 90 valence electrons. The fourth-order valence-electron chi connectivity index (χ4n) is 1.50. The first-order valence-corrected chi connectivity index (χ1v) is 6.45. The van der Waals surface area contributed by atoms with Crippen LogP contribution in [-0.2, 0) is 0 Å². The molecular weight excluding hydrogens is 282 g/mol. The van der Waals surface area contributed by atoms with Gasteiger partial charge in [0.15, 0.2) is 0 Å². The monoisotopic (exact) mass is 290 g/mol. The van der Waals surface area contributed by atoms with Crippen LogP contribution in [0.15, 0.2) is 24.3 Å². The van der Waals surface area contributed by atoms with Gasteiger partial charge in [0.05, 0.1) is 9.36 Å². The summed E-state index contributed by atoms with van der Waals surface area (Å²) in [6.07, 6.45) is -0.950. The highest BCUT2D eigenvalue weighted by atomic mass is 35.5. The van der Waals surface area contributed by atoms with E-state index in [4.69, 9.17) is 23.2 Å². The van der Waals surface area contributed by atoms with Gasteiger partial charge in [-0.25, -0.2) is 4.39 Å². The van der Waals surface area contributed by atoms with Crippen molar-refractivity contribution < 1.29 is 9.50 Å². The third-order valence-corrected chi connectivity index (χ3v) is 4.43. The maximum absolute atomic E-state index is 13.3. The summed E-state index contributed by atoms with van der Waals surface area (Å²) in [5, 5.41) is 10.1. The molecule has 1 atom stereocenters. The summed E-state index contributed by atoms with van der Waals surface area (Å²) in [7, 11) is 0. The van der Waals surface area contributed by atoms with Gasteiger partial charge in [-0.05, 0) is 24.6 Å². The molecule has 0 radical (unpaired) electrons. The minimum Gasteiger partial charge on any atom is -0.383 e. The predicted molar refractivity (Wildman–Crippen MR) is 69.5 cm³/mol. The second-order valence-corrected chi connectivity index (χ2v) is 5.71. The average Bonchev–Trinajstić information content (AvgIpc) is 2.62. The summed E-state index contributed by atoms with van der Waals surface area (Å²) in [6, 6.07) is 6.14. The molecule has 0 aliphatic heterocycles. The van der Waals surface area contributed by atoms with Gasteiger partial charge in [0.1, 0.15) is 11.9 Å². The Morgan fingerprint density at radius 1 is 1.35 bits per heavy atom. The summed E-state index contributed by atoms with van der Waals surface area (Å²) in [5.41, 5.74) is 1.24. The summed E-state index contributed by atoms with van der Waals surface area (Å²) in [5.74, 6) is -0.539. The number of rotatable bonds is 2. The largest absolute Gasteiger partial charge is 0.383 e. The van der Waals surface area contributed by atoms with Gasteiger partial charge >= 0.3 is 0 Å². The first kappa shape index (κ1) is 12.8. The molecule has 0 saturated heterocycles. The quantitative estimate of drug-likeness (QED) is 0.858. The number of aryl methyl sites for hydroxylation is 1. The Morgan fingerprint density at radius 2 is 2.06 bits per heavy atom. The zero-order valence-electron chi connectivity index (χ0n) is 8.88. The standard InChI is InChI=1S/C12H9Cl2FOS/c1-6-5-9(17-12(6)14)11(16)7-3-2-4-8(15)10(7)13/h2-5,11,16H,1H3. The molecule has 5 heteroatoms. The molecule has 0 bridgehead atoms. The van der Waals surface area contributed by atoms with E-state index in [2.05, 4.69) is 0 Å². The van der Waals surface area contributed by atoms with Crippen LogP contribution in [0.3, 0.4) is 0 Å². The minimum absolute atomic E-state index is 0.0535. The zero-order chi connectivity index (χ0) is 12.6. The van der Waals surface area contributed by atoms with E-state index in [1.807, 2.05) is 6.92 Å². The van der Waals surface area contributed by atoms with Crippen molar-refractivity contribution in [1.29, 1.82) is 0 Å². The number of thiophene rings is 1. The first-order chi connectivity index (χ1) is 8.00. The molecule has 2 aromatic rings. The molecule has 1 nitrogen and oxygen atoms in total. The van der Waals surface area contributed by atoms with Gasteiger partial charge in [-0.2, -0.15) is 0 Å². The third kappa shape index (κ3) is 2.47. The Hall–Kier alpha value is -0.610. The smallest absolute Gasteiger partial charge is 0.142 e. The Morgan fingerprint density at radius 3 is 2.65 bits per heavy atom. The lowest BCUT2D eigenvalue weighted by Crippen LogP contribution is -1.99. The molecule has 0 fully saturated rings. The Balaban J connectivity index is 2.43. The number of hydrogen-bond acceptors (Lipinski definition) is 2. The first-order valence-electron chi connectivity index (χ1n) is 4.88. The molecule has 1 unspecified atom stereocenters. The van der Waals surface area contributed by atoms with Crippen LogP contribution in [0.2, 0.25) is 9.36 Å². The molecule has 1 aromatic heterocycles. The number of hydrogen-bond donors (Lipinski definition) is 1. The Bertz CT molecular complexity index is 534. The van der Waals surface area contributed by atoms with Gasteiger partial charge < -0.3 is 5.11 Å². The lowest BCUT2D eigenvalue weighted by molar-refractivity contribution is 0.223. The molecule has 1 aromatic carbocycles. The Kier molecular flexibility index (Phi) is 3.73. The van der Waals surface area contributed by atoms with Gasteiger partial charge in [-0.3, -0.25) is 0 Å². The van der Waals surface area contributed by atoms with Crippen LogP contribution < -0.4 is 0 Å². The van der Waals surface area contributed by atoms with Crippen molar-refractivity contribution >= 4 is 34.5 Å². The van der Waals surface area contributed by atoms with Gasteiger partial charge in [0.25, 0.3) is 0 Å². The highest BCUT2D eigenvalue weighted by Crippen LogP contribution is 2.36. The number of aliphatic hydroxyl groups excluding tert-OH is 1. The molecule has 0 aliphatic rings. The molecule has 0 aliphatic carbocycles. The van der Waals surface area contributed by atoms with Crippen molar-refractivity contribution in [2.24, 2.45) is 0 Å². The van der Waals surface area contributed by atoms with Crippen molar-refractivity contribution in [2.75, 3.05) is 0 Å². The fourth-order valence-corrected chi connectivity index (χ4v) is 2.96.